The quantitative estimate of drug-likeness (QED) is 0.325. The van der Waals surface area contributed by atoms with Crippen molar-refractivity contribution in [3.8, 4) is 0 Å². The van der Waals surface area contributed by atoms with Crippen molar-refractivity contribution < 1.29 is 41.9 Å². The highest BCUT2D eigenvalue weighted by Gasteiger charge is 2.62. The van der Waals surface area contributed by atoms with E-state index in [1.165, 1.54) is 11.0 Å². The van der Waals surface area contributed by atoms with Crippen LogP contribution < -0.4 is 15.4 Å². The topological polar surface area (TPSA) is 181 Å². The number of fused-ring (bicyclic) bond motifs is 3. The van der Waals surface area contributed by atoms with E-state index in [1.54, 1.807) is 4.90 Å². The van der Waals surface area contributed by atoms with E-state index in [9.17, 15) is 32.4 Å². The number of cyclic esters (lactones) is 1. The van der Waals surface area contributed by atoms with Crippen molar-refractivity contribution in [3.05, 3.63) is 47.5 Å². The molecule has 6 rings (SSSR count). The summed E-state index contributed by atoms with van der Waals surface area (Å²) in [7, 11) is -3.89. The summed E-state index contributed by atoms with van der Waals surface area (Å²) in [6.45, 7) is 6.53. The SMILES string of the molecule is C=C[C@@H]1C[C@]1(NC(=O)[C@@H]1C[C@@H]2CN1C(=O)[C@H](CCCC)NC(=O)OCCCCCc1cccc3c1CN(C3)C(=O)O2)C(=O)NS(=O)(=O)C1CC1. The normalized spacial score (nSPS) is 28.7. The molecular formula is C35H47N5O9S. The van der Waals surface area contributed by atoms with Crippen molar-refractivity contribution >= 4 is 39.9 Å². The van der Waals surface area contributed by atoms with Crippen molar-refractivity contribution in [3.63, 3.8) is 0 Å². The first-order valence-electron chi connectivity index (χ1n) is 17.7. The lowest BCUT2D eigenvalue weighted by atomic mass is 9.99. The van der Waals surface area contributed by atoms with Gasteiger partial charge in [-0.3, -0.25) is 24.0 Å². The highest BCUT2D eigenvalue weighted by atomic mass is 32.2. The molecule has 15 heteroatoms. The minimum absolute atomic E-state index is 0.0584. The molecular weight excluding hydrogens is 666 g/mol. The molecule has 4 bridgehead atoms. The zero-order valence-corrected chi connectivity index (χ0v) is 29.3. The van der Waals surface area contributed by atoms with Crippen molar-refractivity contribution in [1.82, 2.24) is 25.2 Å². The summed E-state index contributed by atoms with van der Waals surface area (Å²) < 4.78 is 38.7. The summed E-state index contributed by atoms with van der Waals surface area (Å²) in [5.41, 5.74) is 1.73. The molecule has 14 nitrogen and oxygen atoms in total. The van der Waals surface area contributed by atoms with E-state index in [0.717, 1.165) is 42.4 Å². The fraction of sp³-hybridized carbons (Fsp3) is 0.629. The second kappa shape index (κ2) is 14.6. The first-order valence-corrected chi connectivity index (χ1v) is 19.3. The van der Waals surface area contributed by atoms with Gasteiger partial charge in [0, 0.05) is 25.4 Å². The molecule has 1 saturated heterocycles. The first kappa shape index (κ1) is 35.7. The number of nitrogens with one attached hydrogen (secondary N) is 3. The Morgan fingerprint density at radius 1 is 1.12 bits per heavy atom. The van der Waals surface area contributed by atoms with Crippen LogP contribution >= 0.6 is 0 Å². The van der Waals surface area contributed by atoms with Crippen molar-refractivity contribution in [2.24, 2.45) is 5.92 Å². The third-order valence-electron chi connectivity index (χ3n) is 10.5. The van der Waals surface area contributed by atoms with Gasteiger partial charge in [-0.25, -0.2) is 18.0 Å². The van der Waals surface area contributed by atoms with Gasteiger partial charge in [0.25, 0.3) is 5.91 Å². The predicted molar refractivity (Wildman–Crippen MR) is 181 cm³/mol. The number of alkyl carbamates (subject to hydrolysis) is 1. The van der Waals surface area contributed by atoms with Gasteiger partial charge in [0.15, 0.2) is 0 Å². The molecule has 0 spiro atoms. The molecule has 5 amide bonds. The average molecular weight is 714 g/mol. The Labute approximate surface area is 292 Å². The molecule has 5 aliphatic rings. The maximum Gasteiger partial charge on any atom is 0.410 e. The fourth-order valence-electron chi connectivity index (χ4n) is 7.27. The predicted octanol–water partition coefficient (Wildman–Crippen LogP) is 2.79. The van der Waals surface area contributed by atoms with Gasteiger partial charge in [-0.15, -0.1) is 6.58 Å². The van der Waals surface area contributed by atoms with Crippen LogP contribution in [0.2, 0.25) is 0 Å². The maximum atomic E-state index is 14.2. The summed E-state index contributed by atoms with van der Waals surface area (Å²) >= 11 is 0. The summed E-state index contributed by atoms with van der Waals surface area (Å²) in [5, 5.41) is 4.79. The molecule has 1 aromatic rings. The Bertz CT molecular complexity index is 1650. The van der Waals surface area contributed by atoms with Crippen LogP contribution in [-0.2, 0) is 53.4 Å². The Morgan fingerprint density at radius 2 is 1.90 bits per heavy atom. The number of amides is 5. The third kappa shape index (κ3) is 7.62. The van der Waals surface area contributed by atoms with Crippen LogP contribution in [0.15, 0.2) is 30.9 Å². The Balaban J connectivity index is 1.25. The van der Waals surface area contributed by atoms with Gasteiger partial charge < -0.3 is 25.0 Å². The van der Waals surface area contributed by atoms with E-state index in [-0.39, 0.29) is 32.4 Å². The Hall–Kier alpha value is -4.14. The largest absolute Gasteiger partial charge is 0.450 e. The molecule has 3 aliphatic heterocycles. The van der Waals surface area contributed by atoms with Gasteiger partial charge in [0.05, 0.1) is 18.4 Å². The van der Waals surface area contributed by atoms with Gasteiger partial charge in [-0.1, -0.05) is 44.0 Å². The van der Waals surface area contributed by atoms with Crippen LogP contribution in [0, 0.1) is 5.92 Å². The molecule has 5 atom stereocenters. The van der Waals surface area contributed by atoms with Gasteiger partial charge >= 0.3 is 12.2 Å². The highest BCUT2D eigenvalue weighted by Crippen LogP contribution is 2.45. The highest BCUT2D eigenvalue weighted by molar-refractivity contribution is 7.91. The van der Waals surface area contributed by atoms with Gasteiger partial charge in [-0.05, 0) is 68.1 Å². The smallest absolute Gasteiger partial charge is 0.410 e. The van der Waals surface area contributed by atoms with E-state index >= 15 is 0 Å². The molecule has 3 N–H and O–H groups in total. The molecule has 0 aromatic heterocycles. The van der Waals surface area contributed by atoms with E-state index in [0.29, 0.717) is 38.8 Å². The van der Waals surface area contributed by atoms with Crippen molar-refractivity contribution in [2.45, 2.75) is 120 Å². The second-order valence-corrected chi connectivity index (χ2v) is 16.1. The zero-order valence-electron chi connectivity index (χ0n) is 28.5. The minimum atomic E-state index is -3.89. The molecule has 2 aliphatic carbocycles. The summed E-state index contributed by atoms with van der Waals surface area (Å²) in [6.07, 6.45) is 5.13. The summed E-state index contributed by atoms with van der Waals surface area (Å²) in [5.74, 6) is -2.62. The molecule has 3 fully saturated rings. The number of hydrogen-bond acceptors (Lipinski definition) is 9. The molecule has 50 heavy (non-hydrogen) atoms. The second-order valence-electron chi connectivity index (χ2n) is 14.1. The van der Waals surface area contributed by atoms with E-state index < -0.39 is 74.8 Å². The van der Waals surface area contributed by atoms with Crippen LogP contribution in [0.4, 0.5) is 9.59 Å². The lowest BCUT2D eigenvalue weighted by molar-refractivity contribution is -0.141. The van der Waals surface area contributed by atoms with Crippen LogP contribution in [0.1, 0.15) is 87.8 Å². The van der Waals surface area contributed by atoms with Crippen LogP contribution in [0.3, 0.4) is 0 Å². The Kier molecular flexibility index (Phi) is 10.4. The molecule has 1 aromatic carbocycles. The first-order chi connectivity index (χ1) is 24.0. The van der Waals surface area contributed by atoms with Crippen molar-refractivity contribution in [2.75, 3.05) is 13.2 Å². The maximum absolute atomic E-state index is 14.2. The number of benzene rings is 1. The average Bonchev–Trinajstić information content (AvgIpc) is 3.98. The van der Waals surface area contributed by atoms with Gasteiger partial charge in [0.2, 0.25) is 21.8 Å². The van der Waals surface area contributed by atoms with Crippen molar-refractivity contribution in [1.29, 1.82) is 0 Å². The van der Waals surface area contributed by atoms with Gasteiger partial charge in [0.1, 0.15) is 23.7 Å². The molecule has 272 valence electrons. The van der Waals surface area contributed by atoms with Gasteiger partial charge in [-0.2, -0.15) is 0 Å². The van der Waals surface area contributed by atoms with E-state index in [4.69, 9.17) is 9.47 Å². The number of unbranched alkanes of at least 4 members (excludes halogenated alkanes) is 1. The number of carbonyl (C=O) groups excluding carboxylic acids is 5. The lowest BCUT2D eigenvalue weighted by Gasteiger charge is -2.29. The number of rotatable bonds is 9. The summed E-state index contributed by atoms with van der Waals surface area (Å²) in [4.78, 5) is 70.9. The number of nitrogens with zero attached hydrogens (tertiary/aromatic N) is 2. The third-order valence-corrected chi connectivity index (χ3v) is 12.3. The monoisotopic (exact) mass is 713 g/mol. The minimum Gasteiger partial charge on any atom is -0.450 e. The number of carbonyl (C=O) groups is 5. The zero-order chi connectivity index (χ0) is 35.6. The van der Waals surface area contributed by atoms with Crippen LogP contribution in [-0.4, -0.2) is 90.3 Å². The standard InChI is InChI=1S/C35H47N5O9S/c1-3-5-13-28-31(42)40-20-25(17-29(40)30(41)37-35(18-24(35)4-2)32(43)38-50(46,47)26-14-15-26)49-34(45)39-19-23-12-9-11-22(27(23)21-39)10-7-6-8-16-48-33(44)36-28/h4,9,11-12,24-26,28-29H,2-3,5-8,10,13-21H2,1H3,(H,36,44)(H,37,41)(H,38,43)/t24-,25-,28+,29+,35-/m1/s1. The summed E-state index contributed by atoms with van der Waals surface area (Å²) in [6, 6.07) is 3.85. The Morgan fingerprint density at radius 3 is 2.62 bits per heavy atom. The molecule has 3 heterocycles. The number of sulfonamides is 1. The van der Waals surface area contributed by atoms with E-state index in [1.807, 2.05) is 19.1 Å². The number of hydrogen-bond donors (Lipinski definition) is 3. The van der Waals surface area contributed by atoms with Crippen LogP contribution in [0.25, 0.3) is 0 Å². The fourth-order valence-corrected chi connectivity index (χ4v) is 8.64. The van der Waals surface area contributed by atoms with E-state index in [2.05, 4.69) is 28.0 Å². The number of ether oxygens (including phenoxy) is 2. The number of aryl methyl sites for hydroxylation is 1. The lowest BCUT2D eigenvalue weighted by Crippen LogP contribution is -2.58. The molecule has 0 unspecified atom stereocenters. The molecule has 0 radical (unpaired) electrons. The van der Waals surface area contributed by atoms with Crippen LogP contribution in [0.5, 0.6) is 0 Å². The molecule has 2 saturated carbocycles.